The van der Waals surface area contributed by atoms with Gasteiger partial charge in [-0.2, -0.15) is 0 Å². The quantitative estimate of drug-likeness (QED) is 0.710. The maximum atomic E-state index is 12.2. The lowest BCUT2D eigenvalue weighted by Gasteiger charge is -2.15. The molecule has 0 saturated heterocycles. The zero-order chi connectivity index (χ0) is 14.5. The SMILES string of the molecule is CC(NC(=O)c1ccccc1CCN)C(=O)NC1CC1. The lowest BCUT2D eigenvalue weighted by atomic mass is 10.0. The van der Waals surface area contributed by atoms with Crippen LogP contribution in [0.3, 0.4) is 0 Å². The number of benzene rings is 1. The van der Waals surface area contributed by atoms with E-state index in [1.807, 2.05) is 18.2 Å². The van der Waals surface area contributed by atoms with Crippen LogP contribution in [0.4, 0.5) is 0 Å². The van der Waals surface area contributed by atoms with Gasteiger partial charge in [0.2, 0.25) is 5.91 Å². The Balaban J connectivity index is 1.98. The third-order valence-corrected chi connectivity index (χ3v) is 3.34. The van der Waals surface area contributed by atoms with Crippen LogP contribution in [0.15, 0.2) is 24.3 Å². The molecule has 0 radical (unpaired) electrons. The van der Waals surface area contributed by atoms with Crippen LogP contribution in [0.1, 0.15) is 35.7 Å². The Bertz CT molecular complexity index is 498. The summed E-state index contributed by atoms with van der Waals surface area (Å²) in [6, 6.07) is 7.10. The predicted molar refractivity (Wildman–Crippen MR) is 77.3 cm³/mol. The number of nitrogens with two attached hydrogens (primary N) is 1. The van der Waals surface area contributed by atoms with Crippen LogP contribution in [-0.2, 0) is 11.2 Å². The van der Waals surface area contributed by atoms with Crippen LogP contribution in [0.5, 0.6) is 0 Å². The van der Waals surface area contributed by atoms with E-state index in [1.54, 1.807) is 13.0 Å². The fourth-order valence-electron chi connectivity index (χ4n) is 2.01. The molecular formula is C15H21N3O2. The molecule has 5 nitrogen and oxygen atoms in total. The second kappa shape index (κ2) is 6.52. The first-order valence-electron chi connectivity index (χ1n) is 7.01. The molecule has 0 heterocycles. The van der Waals surface area contributed by atoms with Gasteiger partial charge >= 0.3 is 0 Å². The molecule has 4 N–H and O–H groups in total. The highest BCUT2D eigenvalue weighted by Gasteiger charge is 2.26. The van der Waals surface area contributed by atoms with Gasteiger partial charge in [0.25, 0.3) is 5.91 Å². The standard InChI is InChI=1S/C15H21N3O2/c1-10(14(19)18-12-6-7-12)17-15(20)13-5-3-2-4-11(13)8-9-16/h2-5,10,12H,6-9,16H2,1H3,(H,17,20)(H,18,19). The van der Waals surface area contributed by atoms with Gasteiger partial charge < -0.3 is 16.4 Å². The summed E-state index contributed by atoms with van der Waals surface area (Å²) in [7, 11) is 0. The predicted octanol–water partition coefficient (Wildman–Crippen LogP) is 0.585. The average Bonchev–Trinajstić information content (AvgIpc) is 3.23. The molecule has 1 saturated carbocycles. The zero-order valence-corrected chi connectivity index (χ0v) is 11.7. The zero-order valence-electron chi connectivity index (χ0n) is 11.7. The molecule has 5 heteroatoms. The molecule has 20 heavy (non-hydrogen) atoms. The highest BCUT2D eigenvalue weighted by Crippen LogP contribution is 2.18. The molecule has 1 aromatic carbocycles. The van der Waals surface area contributed by atoms with Gasteiger partial charge in [0.1, 0.15) is 6.04 Å². The van der Waals surface area contributed by atoms with Crippen molar-refractivity contribution in [3.8, 4) is 0 Å². The van der Waals surface area contributed by atoms with Gasteiger partial charge in [-0.15, -0.1) is 0 Å². The third kappa shape index (κ3) is 3.81. The smallest absolute Gasteiger partial charge is 0.252 e. The van der Waals surface area contributed by atoms with E-state index in [-0.39, 0.29) is 11.8 Å². The molecule has 0 aromatic heterocycles. The summed E-state index contributed by atoms with van der Waals surface area (Å²) < 4.78 is 0. The van der Waals surface area contributed by atoms with E-state index in [0.717, 1.165) is 18.4 Å². The molecule has 1 atom stereocenters. The van der Waals surface area contributed by atoms with Gasteiger partial charge in [-0.25, -0.2) is 0 Å². The Kier molecular flexibility index (Phi) is 4.74. The summed E-state index contributed by atoms with van der Waals surface area (Å²) in [5.41, 5.74) is 7.04. The van der Waals surface area contributed by atoms with Crippen molar-refractivity contribution in [3.63, 3.8) is 0 Å². The van der Waals surface area contributed by atoms with Crippen molar-refractivity contribution in [2.75, 3.05) is 6.54 Å². The van der Waals surface area contributed by atoms with Crippen molar-refractivity contribution in [2.24, 2.45) is 5.73 Å². The highest BCUT2D eigenvalue weighted by molar-refractivity contribution is 5.98. The van der Waals surface area contributed by atoms with Crippen LogP contribution < -0.4 is 16.4 Å². The summed E-state index contributed by atoms with van der Waals surface area (Å²) in [6.45, 7) is 2.18. The topological polar surface area (TPSA) is 84.2 Å². The molecule has 1 fully saturated rings. The third-order valence-electron chi connectivity index (χ3n) is 3.34. The highest BCUT2D eigenvalue weighted by atomic mass is 16.2. The fourth-order valence-corrected chi connectivity index (χ4v) is 2.01. The first-order valence-corrected chi connectivity index (χ1v) is 7.01. The Morgan fingerprint density at radius 2 is 2.05 bits per heavy atom. The molecule has 0 aliphatic heterocycles. The summed E-state index contributed by atoms with van der Waals surface area (Å²) in [5, 5.41) is 5.61. The number of rotatable bonds is 6. The molecule has 1 aliphatic rings. The lowest BCUT2D eigenvalue weighted by molar-refractivity contribution is -0.122. The number of carbonyl (C=O) groups excluding carboxylic acids is 2. The van der Waals surface area contributed by atoms with Gasteiger partial charge in [-0.05, 0) is 44.4 Å². The monoisotopic (exact) mass is 275 g/mol. The molecule has 0 spiro atoms. The van der Waals surface area contributed by atoms with Gasteiger partial charge in [0.15, 0.2) is 0 Å². The van der Waals surface area contributed by atoms with Crippen LogP contribution >= 0.6 is 0 Å². The van der Waals surface area contributed by atoms with E-state index >= 15 is 0 Å². The summed E-state index contributed by atoms with van der Waals surface area (Å²) >= 11 is 0. The normalized spacial score (nSPS) is 15.5. The minimum Gasteiger partial charge on any atom is -0.352 e. The second-order valence-corrected chi connectivity index (χ2v) is 5.17. The number of amides is 2. The summed E-state index contributed by atoms with van der Waals surface area (Å²) in [6.07, 6.45) is 2.71. The average molecular weight is 275 g/mol. The first kappa shape index (κ1) is 14.5. The molecule has 1 aromatic rings. The molecular weight excluding hydrogens is 254 g/mol. The van der Waals surface area contributed by atoms with Gasteiger partial charge in [-0.1, -0.05) is 18.2 Å². The molecule has 1 unspecified atom stereocenters. The number of hydrogen-bond acceptors (Lipinski definition) is 3. The van der Waals surface area contributed by atoms with Crippen LogP contribution in [0.2, 0.25) is 0 Å². The Morgan fingerprint density at radius 3 is 2.70 bits per heavy atom. The van der Waals surface area contributed by atoms with Crippen molar-refractivity contribution >= 4 is 11.8 Å². The summed E-state index contributed by atoms with van der Waals surface area (Å²) in [5.74, 6) is -0.357. The second-order valence-electron chi connectivity index (χ2n) is 5.17. The molecule has 1 aliphatic carbocycles. The number of hydrogen-bond donors (Lipinski definition) is 3. The van der Waals surface area contributed by atoms with E-state index in [9.17, 15) is 9.59 Å². The van der Waals surface area contributed by atoms with Crippen LogP contribution in [-0.4, -0.2) is 30.4 Å². The van der Waals surface area contributed by atoms with Crippen molar-refractivity contribution in [2.45, 2.75) is 38.3 Å². The maximum Gasteiger partial charge on any atom is 0.252 e. The molecule has 108 valence electrons. The number of nitrogens with one attached hydrogen (secondary N) is 2. The lowest BCUT2D eigenvalue weighted by Crippen LogP contribution is -2.45. The minimum atomic E-state index is -0.533. The Labute approximate surface area is 118 Å². The number of carbonyl (C=O) groups is 2. The fraction of sp³-hybridized carbons (Fsp3) is 0.467. The van der Waals surface area contributed by atoms with Gasteiger partial charge in [0.05, 0.1) is 0 Å². The van der Waals surface area contributed by atoms with E-state index in [4.69, 9.17) is 5.73 Å². The molecule has 0 bridgehead atoms. The van der Waals surface area contributed by atoms with Crippen molar-refractivity contribution < 1.29 is 9.59 Å². The van der Waals surface area contributed by atoms with E-state index in [2.05, 4.69) is 10.6 Å². The van der Waals surface area contributed by atoms with Crippen molar-refractivity contribution in [3.05, 3.63) is 35.4 Å². The van der Waals surface area contributed by atoms with Crippen molar-refractivity contribution in [1.82, 2.24) is 10.6 Å². The minimum absolute atomic E-state index is 0.128. The maximum absolute atomic E-state index is 12.2. The largest absolute Gasteiger partial charge is 0.352 e. The van der Waals surface area contributed by atoms with Crippen molar-refractivity contribution in [1.29, 1.82) is 0 Å². The molecule has 2 rings (SSSR count). The molecule has 2 amide bonds. The van der Waals surface area contributed by atoms with E-state index in [0.29, 0.717) is 24.6 Å². The Morgan fingerprint density at radius 1 is 1.35 bits per heavy atom. The van der Waals surface area contributed by atoms with Crippen LogP contribution in [0.25, 0.3) is 0 Å². The van der Waals surface area contributed by atoms with Gasteiger partial charge in [-0.3, -0.25) is 9.59 Å². The first-order chi connectivity index (χ1) is 9.61. The van der Waals surface area contributed by atoms with E-state index < -0.39 is 6.04 Å². The summed E-state index contributed by atoms with van der Waals surface area (Å²) in [4.78, 5) is 24.0. The van der Waals surface area contributed by atoms with Gasteiger partial charge in [0, 0.05) is 11.6 Å². The van der Waals surface area contributed by atoms with Crippen LogP contribution in [0, 0.1) is 0 Å². The Hall–Kier alpha value is -1.88. The van der Waals surface area contributed by atoms with E-state index in [1.165, 1.54) is 0 Å².